The van der Waals surface area contributed by atoms with Crippen molar-refractivity contribution in [3.05, 3.63) is 0 Å². The molecule has 0 aromatic carbocycles. The van der Waals surface area contributed by atoms with E-state index in [0.29, 0.717) is 5.78 Å². The minimum atomic E-state index is -0.0257. The topological polar surface area (TPSA) is 37.3 Å². The van der Waals surface area contributed by atoms with Gasteiger partial charge in [0.25, 0.3) is 0 Å². The third kappa shape index (κ3) is 1.98. The Kier molecular flexibility index (Phi) is 2.98. The van der Waals surface area contributed by atoms with Crippen LogP contribution in [0.2, 0.25) is 0 Å². The molecule has 0 aromatic rings. The molecular weight excluding hydrogens is 236 g/mol. The van der Waals surface area contributed by atoms with Gasteiger partial charge in [0, 0.05) is 12.8 Å². The Bertz CT molecular complexity index is 377. The lowest BCUT2D eigenvalue weighted by Crippen LogP contribution is -2.45. The zero-order chi connectivity index (χ0) is 13.0. The Hall–Kier alpha value is -0.370. The van der Waals surface area contributed by atoms with E-state index >= 15 is 0 Å². The maximum atomic E-state index is 11.8. The Morgan fingerprint density at radius 1 is 0.737 bits per heavy atom. The van der Waals surface area contributed by atoms with Gasteiger partial charge in [-0.05, 0) is 80.5 Å². The number of rotatable bonds is 0. The number of Topliss-reactive ketones (excluding diaryl/α,β-unsaturated/α-hetero) is 1. The van der Waals surface area contributed by atoms with Gasteiger partial charge in [-0.25, -0.2) is 0 Å². The predicted molar refractivity (Wildman–Crippen MR) is 73.5 cm³/mol. The average Bonchev–Trinajstić information content (AvgIpc) is 2.78. The summed E-state index contributed by atoms with van der Waals surface area (Å²) in [7, 11) is 0. The highest BCUT2D eigenvalue weighted by Gasteiger charge is 2.50. The van der Waals surface area contributed by atoms with Gasteiger partial charge < -0.3 is 5.11 Å². The molecule has 7 atom stereocenters. The lowest BCUT2D eigenvalue weighted by molar-refractivity contribution is -0.117. The van der Waals surface area contributed by atoms with E-state index in [4.69, 9.17) is 0 Å². The van der Waals surface area contributed by atoms with Gasteiger partial charge in [-0.3, -0.25) is 4.79 Å². The third-order valence-electron chi connectivity index (χ3n) is 6.96. The molecular formula is C17H26O2. The maximum absolute atomic E-state index is 11.8. The average molecular weight is 262 g/mol. The van der Waals surface area contributed by atoms with E-state index in [2.05, 4.69) is 0 Å². The van der Waals surface area contributed by atoms with Gasteiger partial charge in [0.2, 0.25) is 0 Å². The van der Waals surface area contributed by atoms with Gasteiger partial charge in [0.05, 0.1) is 6.10 Å². The van der Waals surface area contributed by atoms with Crippen LogP contribution in [0.3, 0.4) is 0 Å². The Balaban J connectivity index is 1.54. The van der Waals surface area contributed by atoms with Crippen molar-refractivity contribution in [2.45, 2.75) is 63.9 Å². The summed E-state index contributed by atoms with van der Waals surface area (Å²) in [6.07, 6.45) is 10.4. The number of hydrogen-bond donors (Lipinski definition) is 1. The monoisotopic (exact) mass is 262 g/mol. The summed E-state index contributed by atoms with van der Waals surface area (Å²) in [4.78, 5) is 11.8. The van der Waals surface area contributed by atoms with E-state index in [9.17, 15) is 9.90 Å². The van der Waals surface area contributed by atoms with Crippen molar-refractivity contribution in [1.82, 2.24) is 0 Å². The molecule has 19 heavy (non-hydrogen) atoms. The normalized spacial score (nSPS) is 53.3. The molecule has 0 aliphatic heterocycles. The fourth-order valence-electron chi connectivity index (χ4n) is 6.24. The van der Waals surface area contributed by atoms with Crippen molar-refractivity contribution >= 4 is 5.78 Å². The van der Waals surface area contributed by atoms with Gasteiger partial charge in [-0.15, -0.1) is 0 Å². The Morgan fingerprint density at radius 2 is 1.42 bits per heavy atom. The standard InChI is InChI=1S/C17H26O2/c18-12-3-6-14-10(7-12)1-5-16-15(14)4-2-11-8-13(19)9-17(11)16/h10-12,14-18H,1-9H2. The smallest absolute Gasteiger partial charge is 0.133 e. The first kappa shape index (κ1) is 12.4. The number of fused-ring (bicyclic) bond motifs is 5. The summed E-state index contributed by atoms with van der Waals surface area (Å²) in [5, 5.41) is 9.88. The van der Waals surface area contributed by atoms with Crippen molar-refractivity contribution in [3.8, 4) is 0 Å². The molecule has 4 aliphatic carbocycles. The van der Waals surface area contributed by atoms with E-state index in [-0.39, 0.29) is 6.10 Å². The second-order valence-corrected chi connectivity index (χ2v) is 7.74. The molecule has 0 amide bonds. The van der Waals surface area contributed by atoms with Crippen molar-refractivity contribution in [2.75, 3.05) is 0 Å². The summed E-state index contributed by atoms with van der Waals surface area (Å²) in [6, 6.07) is 0. The minimum absolute atomic E-state index is 0.0257. The van der Waals surface area contributed by atoms with Crippen LogP contribution in [-0.2, 0) is 4.79 Å². The summed E-state index contributed by atoms with van der Waals surface area (Å²) < 4.78 is 0. The van der Waals surface area contributed by atoms with Gasteiger partial charge in [0.1, 0.15) is 5.78 Å². The molecule has 0 heterocycles. The number of carbonyl (C=O) groups excluding carboxylic acids is 1. The van der Waals surface area contributed by atoms with Crippen molar-refractivity contribution in [2.24, 2.45) is 35.5 Å². The highest BCUT2D eigenvalue weighted by molar-refractivity contribution is 5.81. The molecule has 4 rings (SSSR count). The van der Waals surface area contributed by atoms with Crippen LogP contribution in [0.1, 0.15) is 57.8 Å². The van der Waals surface area contributed by atoms with E-state index in [1.807, 2.05) is 0 Å². The molecule has 2 nitrogen and oxygen atoms in total. The summed E-state index contributed by atoms with van der Waals surface area (Å²) in [5.74, 6) is 5.41. The fourth-order valence-corrected chi connectivity index (χ4v) is 6.24. The SMILES string of the molecule is O=C1CC2CCC3C4CCC(O)CC4CCC3C2C1. The van der Waals surface area contributed by atoms with Crippen LogP contribution in [0.4, 0.5) is 0 Å². The predicted octanol–water partition coefficient (Wildman–Crippen LogP) is 3.18. The first-order valence-electron chi connectivity index (χ1n) is 8.42. The molecule has 4 aliphatic rings. The first-order valence-corrected chi connectivity index (χ1v) is 8.42. The van der Waals surface area contributed by atoms with Crippen LogP contribution < -0.4 is 0 Å². The molecule has 4 saturated carbocycles. The number of carbonyl (C=O) groups is 1. The number of aliphatic hydroxyl groups excluding tert-OH is 1. The number of ketones is 1. The minimum Gasteiger partial charge on any atom is -0.393 e. The molecule has 1 N–H and O–H groups in total. The second kappa shape index (κ2) is 4.58. The number of hydrogen-bond acceptors (Lipinski definition) is 2. The number of aliphatic hydroxyl groups is 1. The van der Waals surface area contributed by atoms with E-state index in [1.165, 1.54) is 32.1 Å². The zero-order valence-electron chi connectivity index (χ0n) is 11.8. The first-order chi connectivity index (χ1) is 9.22. The lowest BCUT2D eigenvalue weighted by Gasteiger charge is -2.52. The Labute approximate surface area is 116 Å². The maximum Gasteiger partial charge on any atom is 0.133 e. The van der Waals surface area contributed by atoms with Crippen LogP contribution in [0.5, 0.6) is 0 Å². The third-order valence-corrected chi connectivity index (χ3v) is 6.96. The van der Waals surface area contributed by atoms with Crippen LogP contribution in [0, 0.1) is 35.5 Å². The molecule has 0 aromatic heterocycles. The van der Waals surface area contributed by atoms with Crippen LogP contribution in [-0.4, -0.2) is 17.0 Å². The second-order valence-electron chi connectivity index (χ2n) is 7.74. The molecule has 0 saturated heterocycles. The molecule has 2 heteroatoms. The van der Waals surface area contributed by atoms with Gasteiger partial charge in [0.15, 0.2) is 0 Å². The molecule has 0 radical (unpaired) electrons. The highest BCUT2D eigenvalue weighted by atomic mass is 16.3. The van der Waals surface area contributed by atoms with Crippen molar-refractivity contribution in [1.29, 1.82) is 0 Å². The van der Waals surface area contributed by atoms with E-state index in [0.717, 1.165) is 61.2 Å². The van der Waals surface area contributed by atoms with Gasteiger partial charge in [-0.1, -0.05) is 0 Å². The van der Waals surface area contributed by atoms with E-state index in [1.54, 1.807) is 0 Å². The molecule has 4 fully saturated rings. The Morgan fingerprint density at radius 3 is 2.26 bits per heavy atom. The van der Waals surface area contributed by atoms with Crippen molar-refractivity contribution in [3.63, 3.8) is 0 Å². The highest BCUT2D eigenvalue weighted by Crippen LogP contribution is 2.57. The summed E-state index contributed by atoms with van der Waals surface area (Å²) >= 11 is 0. The van der Waals surface area contributed by atoms with Gasteiger partial charge in [-0.2, -0.15) is 0 Å². The summed E-state index contributed by atoms with van der Waals surface area (Å²) in [6.45, 7) is 0. The fraction of sp³-hybridized carbons (Fsp3) is 0.941. The van der Waals surface area contributed by atoms with Crippen LogP contribution in [0.25, 0.3) is 0 Å². The molecule has 0 spiro atoms. The largest absolute Gasteiger partial charge is 0.393 e. The van der Waals surface area contributed by atoms with Crippen LogP contribution >= 0.6 is 0 Å². The molecule has 106 valence electrons. The zero-order valence-corrected chi connectivity index (χ0v) is 11.8. The van der Waals surface area contributed by atoms with E-state index < -0.39 is 0 Å². The molecule has 7 unspecified atom stereocenters. The van der Waals surface area contributed by atoms with Crippen LogP contribution in [0.15, 0.2) is 0 Å². The lowest BCUT2D eigenvalue weighted by atomic mass is 9.53. The van der Waals surface area contributed by atoms with Crippen molar-refractivity contribution < 1.29 is 9.90 Å². The molecule has 0 bridgehead atoms. The quantitative estimate of drug-likeness (QED) is 0.728. The summed E-state index contributed by atoms with van der Waals surface area (Å²) in [5.41, 5.74) is 0. The van der Waals surface area contributed by atoms with Gasteiger partial charge >= 0.3 is 0 Å².